The number of nitrogens with two attached hydrogens (primary N) is 1. The minimum atomic E-state index is -0.0841. The van der Waals surface area contributed by atoms with Crippen molar-refractivity contribution in [2.45, 2.75) is 13.0 Å². The number of nitrogen functional groups attached to an aromatic ring is 1. The molecular formula is C26H30N4O. The highest BCUT2D eigenvalue weighted by Crippen LogP contribution is 2.31. The van der Waals surface area contributed by atoms with E-state index in [9.17, 15) is 4.79 Å². The van der Waals surface area contributed by atoms with Gasteiger partial charge in [-0.25, -0.2) is 0 Å². The van der Waals surface area contributed by atoms with E-state index in [1.54, 1.807) is 6.07 Å². The molecular weight excluding hydrogens is 384 g/mol. The molecule has 4 rings (SSSR count). The van der Waals surface area contributed by atoms with Gasteiger partial charge in [0.25, 0.3) is 5.91 Å². The fourth-order valence-corrected chi connectivity index (χ4v) is 4.35. The average Bonchev–Trinajstić information content (AvgIpc) is 2.81. The van der Waals surface area contributed by atoms with Crippen molar-refractivity contribution in [3.63, 3.8) is 0 Å². The van der Waals surface area contributed by atoms with Crippen molar-refractivity contribution < 1.29 is 4.79 Å². The molecule has 1 saturated heterocycles. The summed E-state index contributed by atoms with van der Waals surface area (Å²) in [7, 11) is 0. The molecule has 0 aliphatic carbocycles. The third-order valence-corrected chi connectivity index (χ3v) is 5.88. The number of hydrogen-bond donors (Lipinski definition) is 2. The summed E-state index contributed by atoms with van der Waals surface area (Å²) in [5.41, 5.74) is 11.2. The van der Waals surface area contributed by atoms with Crippen LogP contribution in [0.3, 0.4) is 0 Å². The Bertz CT molecular complexity index is 959. The molecule has 3 aromatic rings. The normalized spacial score (nSPS) is 14.6. The summed E-state index contributed by atoms with van der Waals surface area (Å²) >= 11 is 0. The molecule has 1 heterocycles. The topological polar surface area (TPSA) is 61.6 Å². The van der Waals surface area contributed by atoms with Crippen LogP contribution in [0.5, 0.6) is 0 Å². The zero-order valence-electron chi connectivity index (χ0n) is 18.0. The first kappa shape index (κ1) is 20.9. The van der Waals surface area contributed by atoms with Crippen LogP contribution >= 0.6 is 0 Å². The van der Waals surface area contributed by atoms with E-state index in [-0.39, 0.29) is 11.9 Å². The second-order valence-electron chi connectivity index (χ2n) is 7.88. The highest BCUT2D eigenvalue weighted by Gasteiger charge is 2.27. The Balaban J connectivity index is 1.50. The van der Waals surface area contributed by atoms with E-state index >= 15 is 0 Å². The number of carbonyl (C=O) groups is 1. The van der Waals surface area contributed by atoms with Crippen molar-refractivity contribution in [3.05, 3.63) is 95.6 Å². The Morgan fingerprint density at radius 3 is 2.00 bits per heavy atom. The van der Waals surface area contributed by atoms with Gasteiger partial charge in [0.15, 0.2) is 0 Å². The third-order valence-electron chi connectivity index (χ3n) is 5.88. The maximum absolute atomic E-state index is 12.1. The fraction of sp³-hybridized carbons (Fsp3) is 0.269. The average molecular weight is 415 g/mol. The fourth-order valence-electron chi connectivity index (χ4n) is 4.35. The minimum absolute atomic E-state index is 0.0841. The molecule has 0 spiro atoms. The van der Waals surface area contributed by atoms with Crippen molar-refractivity contribution >= 4 is 17.3 Å². The van der Waals surface area contributed by atoms with Gasteiger partial charge < -0.3 is 16.0 Å². The summed E-state index contributed by atoms with van der Waals surface area (Å²) in [5.74, 6) is -0.0841. The molecule has 0 saturated carbocycles. The molecule has 160 valence electrons. The van der Waals surface area contributed by atoms with E-state index in [0.717, 1.165) is 31.9 Å². The van der Waals surface area contributed by atoms with Crippen molar-refractivity contribution in [1.82, 2.24) is 10.2 Å². The molecule has 0 bridgehead atoms. The summed E-state index contributed by atoms with van der Waals surface area (Å²) in [6.07, 6.45) is 0. The summed E-state index contributed by atoms with van der Waals surface area (Å²) in [5, 5.41) is 2.82. The van der Waals surface area contributed by atoms with Crippen LogP contribution in [0.1, 0.15) is 34.5 Å². The monoisotopic (exact) mass is 414 g/mol. The molecule has 1 aliphatic rings. The number of benzene rings is 3. The van der Waals surface area contributed by atoms with E-state index in [1.807, 2.05) is 19.1 Å². The summed E-state index contributed by atoms with van der Waals surface area (Å²) in [6.45, 7) is 6.17. The third kappa shape index (κ3) is 4.72. The van der Waals surface area contributed by atoms with Gasteiger partial charge in [-0.05, 0) is 36.2 Å². The first-order valence-electron chi connectivity index (χ1n) is 10.9. The van der Waals surface area contributed by atoms with Crippen molar-refractivity contribution in [2.24, 2.45) is 0 Å². The smallest absolute Gasteiger partial charge is 0.251 e. The molecule has 31 heavy (non-hydrogen) atoms. The highest BCUT2D eigenvalue weighted by atomic mass is 16.1. The Labute approximate surface area is 184 Å². The van der Waals surface area contributed by atoms with Crippen molar-refractivity contribution in [1.29, 1.82) is 0 Å². The SMILES string of the molecule is CCNC(=O)c1ccc(N2CCN(C(c3ccccc3)c3ccccc3)CC2)c(N)c1. The number of anilines is 2. The van der Waals surface area contributed by atoms with Crippen LogP contribution in [-0.2, 0) is 0 Å². The van der Waals surface area contributed by atoms with Gasteiger partial charge in [-0.3, -0.25) is 9.69 Å². The van der Waals surface area contributed by atoms with Crippen molar-refractivity contribution in [3.8, 4) is 0 Å². The number of carbonyl (C=O) groups excluding carboxylic acids is 1. The van der Waals surface area contributed by atoms with Gasteiger partial charge in [0.1, 0.15) is 0 Å². The van der Waals surface area contributed by atoms with Gasteiger partial charge in [-0.2, -0.15) is 0 Å². The van der Waals surface area contributed by atoms with E-state index in [2.05, 4.69) is 75.8 Å². The summed E-state index contributed by atoms with van der Waals surface area (Å²) < 4.78 is 0. The van der Waals surface area contributed by atoms with Crippen molar-refractivity contribution in [2.75, 3.05) is 43.4 Å². The molecule has 3 aromatic carbocycles. The Hall–Kier alpha value is -3.31. The van der Waals surface area contributed by atoms with Gasteiger partial charge in [0.05, 0.1) is 17.4 Å². The largest absolute Gasteiger partial charge is 0.397 e. The van der Waals surface area contributed by atoms with Gasteiger partial charge in [0.2, 0.25) is 0 Å². The second-order valence-corrected chi connectivity index (χ2v) is 7.88. The predicted molar refractivity (Wildman–Crippen MR) is 127 cm³/mol. The number of amides is 1. The number of nitrogens with zero attached hydrogens (tertiary/aromatic N) is 2. The summed E-state index contributed by atoms with van der Waals surface area (Å²) in [4.78, 5) is 16.9. The predicted octanol–water partition coefficient (Wildman–Crippen LogP) is 3.93. The molecule has 1 aliphatic heterocycles. The lowest BCUT2D eigenvalue weighted by Gasteiger charge is -2.41. The standard InChI is InChI=1S/C26H30N4O/c1-2-28-26(31)22-13-14-24(23(27)19-22)29-15-17-30(18-16-29)25(20-9-5-3-6-10-20)21-11-7-4-8-12-21/h3-14,19,25H,2,15-18,27H2,1H3,(H,28,31). The number of nitrogens with one attached hydrogen (secondary N) is 1. The van der Waals surface area contributed by atoms with E-state index < -0.39 is 0 Å². The van der Waals surface area contributed by atoms with Crippen LogP contribution < -0.4 is 16.0 Å². The molecule has 1 amide bonds. The Kier molecular flexibility index (Phi) is 6.53. The quantitative estimate of drug-likeness (QED) is 0.600. The summed E-state index contributed by atoms with van der Waals surface area (Å²) in [6, 6.07) is 27.3. The van der Waals surface area contributed by atoms with Crippen LogP contribution in [0.4, 0.5) is 11.4 Å². The molecule has 0 radical (unpaired) electrons. The lowest BCUT2D eigenvalue weighted by Crippen LogP contribution is -2.48. The van der Waals surface area contributed by atoms with Crippen LogP contribution in [0.2, 0.25) is 0 Å². The van der Waals surface area contributed by atoms with Gasteiger partial charge in [-0.1, -0.05) is 60.7 Å². The zero-order chi connectivity index (χ0) is 21.6. The van der Waals surface area contributed by atoms with Gasteiger partial charge in [0, 0.05) is 38.3 Å². The van der Waals surface area contributed by atoms with E-state index in [1.165, 1.54) is 11.1 Å². The number of hydrogen-bond acceptors (Lipinski definition) is 4. The lowest BCUT2D eigenvalue weighted by molar-refractivity contribution is 0.0956. The van der Waals surface area contributed by atoms with Crippen LogP contribution in [0.15, 0.2) is 78.9 Å². The lowest BCUT2D eigenvalue weighted by atomic mass is 9.96. The maximum Gasteiger partial charge on any atom is 0.251 e. The van der Waals surface area contributed by atoms with Gasteiger partial charge >= 0.3 is 0 Å². The maximum atomic E-state index is 12.1. The molecule has 0 aromatic heterocycles. The highest BCUT2D eigenvalue weighted by molar-refractivity contribution is 5.96. The van der Waals surface area contributed by atoms with Crippen LogP contribution in [0, 0.1) is 0 Å². The molecule has 0 atom stereocenters. The minimum Gasteiger partial charge on any atom is -0.397 e. The van der Waals surface area contributed by atoms with E-state index in [0.29, 0.717) is 17.8 Å². The first-order chi connectivity index (χ1) is 15.2. The number of rotatable bonds is 6. The molecule has 5 nitrogen and oxygen atoms in total. The molecule has 0 unspecified atom stereocenters. The molecule has 5 heteroatoms. The van der Waals surface area contributed by atoms with Gasteiger partial charge in [-0.15, -0.1) is 0 Å². The molecule has 3 N–H and O–H groups in total. The molecule has 1 fully saturated rings. The zero-order valence-corrected chi connectivity index (χ0v) is 18.0. The Morgan fingerprint density at radius 2 is 1.48 bits per heavy atom. The van der Waals surface area contributed by atoms with Crippen LogP contribution in [0.25, 0.3) is 0 Å². The van der Waals surface area contributed by atoms with E-state index in [4.69, 9.17) is 5.73 Å². The number of piperazine rings is 1. The Morgan fingerprint density at radius 1 is 0.903 bits per heavy atom. The second kappa shape index (κ2) is 9.67. The first-order valence-corrected chi connectivity index (χ1v) is 10.9. The van der Waals surface area contributed by atoms with Crippen LogP contribution in [-0.4, -0.2) is 43.5 Å².